The van der Waals surface area contributed by atoms with Crippen LogP contribution in [-0.2, 0) is 12.8 Å². The number of aromatic nitrogens is 4. The minimum atomic E-state index is 0.279. The van der Waals surface area contributed by atoms with E-state index in [0.29, 0.717) is 0 Å². The third-order valence-electron chi connectivity index (χ3n) is 4.63. The van der Waals surface area contributed by atoms with E-state index in [2.05, 4.69) is 40.7 Å². The summed E-state index contributed by atoms with van der Waals surface area (Å²) >= 11 is 3.26. The largest absolute Gasteiger partial charge is 0.454 e. The predicted molar refractivity (Wildman–Crippen MR) is 114 cm³/mol. The van der Waals surface area contributed by atoms with Crippen molar-refractivity contribution in [2.24, 2.45) is 7.05 Å². The standard InChI is InChI=1S/C21H18N4O2S2/c1-13-4-3-5-14(8-13)19-23-24-21(25(19)2)29-11-16-10-28-20(22-16)15-6-7-17-18(9-15)27-12-26-17/h3-10H,11-12H2,1-2H3. The second kappa shape index (κ2) is 7.53. The molecule has 8 heteroatoms. The van der Waals surface area contributed by atoms with Gasteiger partial charge in [0.15, 0.2) is 22.5 Å². The second-order valence-electron chi connectivity index (χ2n) is 6.74. The first kappa shape index (κ1) is 18.2. The van der Waals surface area contributed by atoms with E-state index >= 15 is 0 Å². The van der Waals surface area contributed by atoms with E-state index in [1.165, 1.54) is 5.56 Å². The van der Waals surface area contributed by atoms with Crippen molar-refractivity contribution in [2.75, 3.05) is 6.79 Å². The lowest BCUT2D eigenvalue weighted by Gasteiger charge is -2.04. The summed E-state index contributed by atoms with van der Waals surface area (Å²) in [5, 5.41) is 12.7. The Kier molecular flexibility index (Phi) is 4.73. The number of ether oxygens (including phenoxy) is 2. The summed E-state index contributed by atoms with van der Waals surface area (Å²) in [5.41, 5.74) is 4.34. The average molecular weight is 423 g/mol. The lowest BCUT2D eigenvalue weighted by atomic mass is 10.1. The lowest BCUT2D eigenvalue weighted by molar-refractivity contribution is 0.174. The van der Waals surface area contributed by atoms with Crippen molar-refractivity contribution < 1.29 is 9.47 Å². The highest BCUT2D eigenvalue weighted by molar-refractivity contribution is 7.98. The van der Waals surface area contributed by atoms with Crippen LogP contribution in [0.3, 0.4) is 0 Å². The quantitative estimate of drug-likeness (QED) is 0.425. The fourth-order valence-corrected chi connectivity index (χ4v) is 4.88. The van der Waals surface area contributed by atoms with Gasteiger partial charge in [-0.05, 0) is 31.2 Å². The number of fused-ring (bicyclic) bond motifs is 1. The van der Waals surface area contributed by atoms with E-state index in [1.54, 1.807) is 23.1 Å². The molecular weight excluding hydrogens is 404 g/mol. The molecule has 0 saturated heterocycles. The van der Waals surface area contributed by atoms with Crippen LogP contribution in [-0.4, -0.2) is 26.5 Å². The van der Waals surface area contributed by atoms with Gasteiger partial charge in [0, 0.05) is 29.3 Å². The number of rotatable bonds is 5. The zero-order valence-corrected chi connectivity index (χ0v) is 17.6. The molecule has 0 radical (unpaired) electrons. The van der Waals surface area contributed by atoms with Gasteiger partial charge in [0.05, 0.1) is 5.69 Å². The highest BCUT2D eigenvalue weighted by Gasteiger charge is 2.16. The van der Waals surface area contributed by atoms with E-state index in [9.17, 15) is 0 Å². The SMILES string of the molecule is Cc1cccc(-c2nnc(SCc3csc(-c4ccc5c(c4)OCO5)n3)n2C)c1. The van der Waals surface area contributed by atoms with Crippen LogP contribution in [0, 0.1) is 6.92 Å². The Morgan fingerprint density at radius 1 is 1.07 bits per heavy atom. The topological polar surface area (TPSA) is 62.1 Å². The third kappa shape index (κ3) is 3.61. The van der Waals surface area contributed by atoms with Gasteiger partial charge in [0.25, 0.3) is 0 Å². The summed E-state index contributed by atoms with van der Waals surface area (Å²) in [4.78, 5) is 4.77. The highest BCUT2D eigenvalue weighted by atomic mass is 32.2. The number of thiazole rings is 1. The number of thioether (sulfide) groups is 1. The highest BCUT2D eigenvalue weighted by Crippen LogP contribution is 2.37. The maximum atomic E-state index is 5.46. The Bertz CT molecular complexity index is 1190. The summed E-state index contributed by atoms with van der Waals surface area (Å²) in [6, 6.07) is 14.2. The van der Waals surface area contributed by atoms with E-state index in [-0.39, 0.29) is 6.79 Å². The summed E-state index contributed by atoms with van der Waals surface area (Å²) in [6.07, 6.45) is 0. The van der Waals surface area contributed by atoms with Crippen LogP contribution in [0.25, 0.3) is 22.0 Å². The molecule has 1 aliphatic rings. The molecule has 6 nitrogen and oxygen atoms in total. The molecule has 0 aliphatic carbocycles. The summed E-state index contributed by atoms with van der Waals surface area (Å²) in [7, 11) is 2.00. The van der Waals surface area contributed by atoms with Crippen molar-refractivity contribution in [1.29, 1.82) is 0 Å². The fourth-order valence-electron chi connectivity index (χ4n) is 3.15. The molecule has 5 rings (SSSR count). The number of benzene rings is 2. The maximum Gasteiger partial charge on any atom is 0.231 e. The van der Waals surface area contributed by atoms with Crippen LogP contribution in [0.4, 0.5) is 0 Å². The van der Waals surface area contributed by atoms with Crippen molar-refractivity contribution >= 4 is 23.1 Å². The zero-order chi connectivity index (χ0) is 19.8. The smallest absolute Gasteiger partial charge is 0.231 e. The average Bonchev–Trinajstić information content (AvgIpc) is 3.45. The van der Waals surface area contributed by atoms with Gasteiger partial charge in [-0.3, -0.25) is 0 Å². The summed E-state index contributed by atoms with van der Waals surface area (Å²) in [5.74, 6) is 3.17. The van der Waals surface area contributed by atoms with Gasteiger partial charge in [0.2, 0.25) is 6.79 Å². The molecule has 0 atom stereocenters. The molecule has 1 aliphatic heterocycles. The molecule has 3 heterocycles. The Morgan fingerprint density at radius 2 is 1.97 bits per heavy atom. The van der Waals surface area contributed by atoms with E-state index in [4.69, 9.17) is 14.5 Å². The molecule has 2 aromatic heterocycles. The molecule has 0 unspecified atom stereocenters. The van der Waals surface area contributed by atoms with Crippen LogP contribution in [0.15, 0.2) is 53.0 Å². The molecule has 0 spiro atoms. The molecule has 29 heavy (non-hydrogen) atoms. The summed E-state index contributed by atoms with van der Waals surface area (Å²) in [6.45, 7) is 2.36. The predicted octanol–water partition coefficient (Wildman–Crippen LogP) is 4.94. The van der Waals surface area contributed by atoms with Crippen molar-refractivity contribution in [3.63, 3.8) is 0 Å². The van der Waals surface area contributed by atoms with Crippen LogP contribution in [0.2, 0.25) is 0 Å². The van der Waals surface area contributed by atoms with Gasteiger partial charge in [-0.25, -0.2) is 4.98 Å². The first-order valence-corrected chi connectivity index (χ1v) is 11.0. The van der Waals surface area contributed by atoms with Gasteiger partial charge in [-0.2, -0.15) is 0 Å². The molecule has 0 saturated carbocycles. The Hall–Kier alpha value is -2.84. The molecule has 146 valence electrons. The maximum absolute atomic E-state index is 5.46. The van der Waals surface area contributed by atoms with Gasteiger partial charge in [-0.1, -0.05) is 35.5 Å². The van der Waals surface area contributed by atoms with E-state index in [0.717, 1.165) is 50.1 Å². The van der Waals surface area contributed by atoms with Crippen LogP contribution < -0.4 is 9.47 Å². The molecule has 0 amide bonds. The van der Waals surface area contributed by atoms with Gasteiger partial charge in [-0.15, -0.1) is 21.5 Å². The molecule has 0 fully saturated rings. The van der Waals surface area contributed by atoms with Crippen molar-refractivity contribution in [3.8, 4) is 33.5 Å². The van der Waals surface area contributed by atoms with Gasteiger partial charge < -0.3 is 14.0 Å². The van der Waals surface area contributed by atoms with Crippen LogP contribution in [0.1, 0.15) is 11.3 Å². The lowest BCUT2D eigenvalue weighted by Crippen LogP contribution is -1.95. The molecule has 0 N–H and O–H groups in total. The normalized spacial score (nSPS) is 12.5. The number of hydrogen-bond acceptors (Lipinski definition) is 7. The first-order valence-electron chi connectivity index (χ1n) is 9.11. The summed E-state index contributed by atoms with van der Waals surface area (Å²) < 4.78 is 12.9. The Balaban J connectivity index is 1.30. The number of hydrogen-bond donors (Lipinski definition) is 0. The first-order chi connectivity index (χ1) is 14.2. The second-order valence-corrected chi connectivity index (χ2v) is 8.54. The molecule has 0 bridgehead atoms. The number of nitrogens with zero attached hydrogens (tertiary/aromatic N) is 4. The van der Waals surface area contributed by atoms with Crippen LogP contribution in [0.5, 0.6) is 11.5 Å². The Morgan fingerprint density at radius 3 is 2.86 bits per heavy atom. The van der Waals surface area contributed by atoms with Crippen molar-refractivity contribution in [2.45, 2.75) is 17.8 Å². The minimum Gasteiger partial charge on any atom is -0.454 e. The minimum absolute atomic E-state index is 0.279. The van der Waals surface area contributed by atoms with Crippen LogP contribution >= 0.6 is 23.1 Å². The monoisotopic (exact) mass is 422 g/mol. The molecular formula is C21H18N4O2S2. The van der Waals surface area contributed by atoms with Gasteiger partial charge >= 0.3 is 0 Å². The van der Waals surface area contributed by atoms with E-state index in [1.807, 2.05) is 35.9 Å². The fraction of sp³-hybridized carbons (Fsp3) is 0.190. The third-order valence-corrected chi connectivity index (χ3v) is 6.63. The van der Waals surface area contributed by atoms with Crippen molar-refractivity contribution in [3.05, 3.63) is 59.1 Å². The van der Waals surface area contributed by atoms with Gasteiger partial charge in [0.1, 0.15) is 5.01 Å². The van der Waals surface area contributed by atoms with E-state index < -0.39 is 0 Å². The molecule has 2 aromatic carbocycles. The number of aryl methyl sites for hydroxylation is 1. The van der Waals surface area contributed by atoms with Crippen molar-refractivity contribution in [1.82, 2.24) is 19.7 Å². The Labute approximate surface area is 176 Å². The zero-order valence-electron chi connectivity index (χ0n) is 16.0. The molecule has 4 aromatic rings.